The fraction of sp³-hybridized carbons (Fsp3) is 0.393. The Hall–Kier alpha value is -3.90. The number of nitrogens with zero attached hydrogens (tertiary/aromatic N) is 3. The van der Waals surface area contributed by atoms with Gasteiger partial charge in [-0.2, -0.15) is 0 Å². The van der Waals surface area contributed by atoms with Crippen LogP contribution in [0.4, 0.5) is 10.5 Å². The standard InChI is InChI=1S/C24H34N4O3S.C4H4O4/c1-21(2)28(19-20-32(30,31)23-11-7-4-8-12-23)24(29)25-13-14-26-15-17-27(18-16-26)22-9-5-3-6-10-22;5-3(6)1-2-4(7)8/h3-12,21H,13-20H2,1-2H3,(H,25,29);1-2H,(H,5,6)(H,7,8). The Kier molecular flexibility index (Phi) is 13.1. The maximum atomic E-state index is 12.7. The molecule has 2 amide bonds. The highest BCUT2D eigenvalue weighted by atomic mass is 32.2. The molecule has 40 heavy (non-hydrogen) atoms. The molecule has 1 saturated heterocycles. The van der Waals surface area contributed by atoms with E-state index in [1.807, 2.05) is 19.9 Å². The first-order valence-electron chi connectivity index (χ1n) is 13.0. The molecule has 1 aliphatic rings. The van der Waals surface area contributed by atoms with E-state index < -0.39 is 21.8 Å². The fourth-order valence-corrected chi connectivity index (χ4v) is 5.24. The molecule has 3 rings (SSSR count). The molecule has 1 fully saturated rings. The number of sulfone groups is 1. The Bertz CT molecular complexity index is 1200. The predicted molar refractivity (Wildman–Crippen MR) is 153 cm³/mol. The molecule has 0 radical (unpaired) electrons. The van der Waals surface area contributed by atoms with Crippen LogP contribution in [0.1, 0.15) is 13.8 Å². The highest BCUT2D eigenvalue weighted by molar-refractivity contribution is 7.91. The van der Waals surface area contributed by atoms with Gasteiger partial charge < -0.3 is 25.3 Å². The number of carboxylic acid groups (broad SMARTS) is 2. The number of anilines is 1. The van der Waals surface area contributed by atoms with Gasteiger partial charge in [0.15, 0.2) is 9.84 Å². The molecule has 0 unspecified atom stereocenters. The zero-order chi connectivity index (χ0) is 29.5. The normalized spacial score (nSPS) is 13.9. The molecule has 218 valence electrons. The molecule has 1 heterocycles. The highest BCUT2D eigenvalue weighted by Gasteiger charge is 2.22. The van der Waals surface area contributed by atoms with E-state index in [4.69, 9.17) is 10.2 Å². The third kappa shape index (κ3) is 11.5. The van der Waals surface area contributed by atoms with Crippen LogP contribution in [0, 0.1) is 0 Å². The van der Waals surface area contributed by atoms with Crippen molar-refractivity contribution in [2.45, 2.75) is 24.8 Å². The van der Waals surface area contributed by atoms with Gasteiger partial charge in [-0.3, -0.25) is 4.90 Å². The SMILES string of the molecule is CC(C)N(CCS(=O)(=O)c1ccccc1)C(=O)NCCN1CCN(c2ccccc2)CC1.O=C(O)C=CC(=O)O. The topological polar surface area (TPSA) is 148 Å². The number of urea groups is 1. The lowest BCUT2D eigenvalue weighted by Crippen LogP contribution is -2.50. The number of hydrogen-bond acceptors (Lipinski definition) is 7. The summed E-state index contributed by atoms with van der Waals surface area (Å²) in [5.41, 5.74) is 1.25. The maximum absolute atomic E-state index is 12.7. The highest BCUT2D eigenvalue weighted by Crippen LogP contribution is 2.15. The summed E-state index contributed by atoms with van der Waals surface area (Å²) in [6.45, 7) is 9.12. The fourth-order valence-electron chi connectivity index (χ4n) is 3.99. The number of rotatable bonds is 11. The zero-order valence-electron chi connectivity index (χ0n) is 22.8. The molecular formula is C28H38N4O7S. The molecule has 0 atom stereocenters. The number of carbonyl (C=O) groups excluding carboxylic acids is 1. The van der Waals surface area contributed by atoms with Crippen LogP contribution in [-0.4, -0.2) is 104 Å². The van der Waals surface area contributed by atoms with E-state index >= 15 is 0 Å². The van der Waals surface area contributed by atoms with Gasteiger partial charge in [-0.25, -0.2) is 22.8 Å². The van der Waals surface area contributed by atoms with Gasteiger partial charge in [0.25, 0.3) is 0 Å². The lowest BCUT2D eigenvalue weighted by molar-refractivity contribution is -0.134. The molecule has 0 aromatic heterocycles. The average Bonchev–Trinajstić information content (AvgIpc) is 2.93. The second-order valence-electron chi connectivity index (χ2n) is 9.33. The van der Waals surface area contributed by atoms with Crippen molar-refractivity contribution in [2.24, 2.45) is 0 Å². The number of para-hydroxylation sites is 1. The second kappa shape index (κ2) is 16.3. The maximum Gasteiger partial charge on any atom is 0.328 e. The summed E-state index contributed by atoms with van der Waals surface area (Å²) in [6.07, 6.45) is 1.12. The van der Waals surface area contributed by atoms with Crippen LogP contribution in [0.15, 0.2) is 77.7 Å². The van der Waals surface area contributed by atoms with Crippen LogP contribution in [0.2, 0.25) is 0 Å². The molecule has 3 N–H and O–H groups in total. The number of carboxylic acids is 2. The minimum atomic E-state index is -3.42. The monoisotopic (exact) mass is 574 g/mol. The van der Waals surface area contributed by atoms with Crippen molar-refractivity contribution in [3.63, 3.8) is 0 Å². The van der Waals surface area contributed by atoms with Gasteiger partial charge in [0.1, 0.15) is 0 Å². The molecule has 0 aliphatic carbocycles. The van der Waals surface area contributed by atoms with Gasteiger partial charge in [-0.15, -0.1) is 0 Å². The van der Waals surface area contributed by atoms with Crippen LogP contribution in [0.3, 0.4) is 0 Å². The third-order valence-corrected chi connectivity index (χ3v) is 7.86. The van der Waals surface area contributed by atoms with Gasteiger partial charge in [0.2, 0.25) is 0 Å². The van der Waals surface area contributed by atoms with E-state index in [-0.39, 0.29) is 24.4 Å². The molecule has 0 saturated carbocycles. The number of amides is 2. The quantitative estimate of drug-likeness (QED) is 0.344. The summed E-state index contributed by atoms with van der Waals surface area (Å²) in [6, 6.07) is 18.5. The molecule has 2 aromatic carbocycles. The van der Waals surface area contributed by atoms with Crippen LogP contribution in [0.25, 0.3) is 0 Å². The Morgan fingerprint density at radius 2 is 1.43 bits per heavy atom. The van der Waals surface area contributed by atoms with Gasteiger partial charge in [-0.1, -0.05) is 36.4 Å². The van der Waals surface area contributed by atoms with Crippen molar-refractivity contribution in [2.75, 3.05) is 56.5 Å². The molecule has 2 aromatic rings. The lowest BCUT2D eigenvalue weighted by atomic mass is 10.2. The number of aliphatic carboxylic acids is 2. The Morgan fingerprint density at radius 1 is 0.900 bits per heavy atom. The third-order valence-electron chi connectivity index (χ3n) is 6.15. The number of piperazine rings is 1. The second-order valence-corrected chi connectivity index (χ2v) is 11.4. The Morgan fingerprint density at radius 3 is 1.93 bits per heavy atom. The van der Waals surface area contributed by atoms with Crippen LogP contribution in [-0.2, 0) is 19.4 Å². The summed E-state index contributed by atoms with van der Waals surface area (Å²) in [7, 11) is -3.42. The number of carbonyl (C=O) groups is 3. The summed E-state index contributed by atoms with van der Waals surface area (Å²) in [5, 5.41) is 18.6. The van der Waals surface area contributed by atoms with Crippen LogP contribution >= 0.6 is 0 Å². The van der Waals surface area contributed by atoms with E-state index in [9.17, 15) is 22.8 Å². The molecular weight excluding hydrogens is 536 g/mol. The first kappa shape index (κ1) is 32.3. The molecule has 0 spiro atoms. The van der Waals surface area contributed by atoms with Crippen molar-refractivity contribution in [1.29, 1.82) is 0 Å². The minimum Gasteiger partial charge on any atom is -0.478 e. The first-order chi connectivity index (χ1) is 19.0. The molecule has 1 aliphatic heterocycles. The zero-order valence-corrected chi connectivity index (χ0v) is 23.7. The van der Waals surface area contributed by atoms with Crippen LogP contribution in [0.5, 0.6) is 0 Å². The van der Waals surface area contributed by atoms with Gasteiger partial charge >= 0.3 is 18.0 Å². The van der Waals surface area contributed by atoms with Crippen molar-refractivity contribution in [3.05, 3.63) is 72.8 Å². The van der Waals surface area contributed by atoms with E-state index in [0.717, 1.165) is 32.7 Å². The predicted octanol–water partition coefficient (Wildman–Crippen LogP) is 2.41. The number of benzene rings is 2. The number of nitrogens with one attached hydrogen (secondary N) is 1. The molecule has 0 bridgehead atoms. The van der Waals surface area contributed by atoms with Gasteiger partial charge in [-0.05, 0) is 38.1 Å². The Balaban J connectivity index is 0.000000611. The summed E-state index contributed by atoms with van der Waals surface area (Å²) < 4.78 is 25.1. The van der Waals surface area contributed by atoms with Gasteiger partial charge in [0.05, 0.1) is 10.6 Å². The summed E-state index contributed by atoms with van der Waals surface area (Å²) in [4.78, 5) is 38.4. The largest absolute Gasteiger partial charge is 0.478 e. The van der Waals surface area contributed by atoms with Crippen molar-refractivity contribution < 1.29 is 33.0 Å². The Labute approximate surface area is 235 Å². The summed E-state index contributed by atoms with van der Waals surface area (Å²) in [5.74, 6) is -2.61. The summed E-state index contributed by atoms with van der Waals surface area (Å²) >= 11 is 0. The molecule has 11 nitrogen and oxygen atoms in total. The van der Waals surface area contributed by atoms with Gasteiger partial charge in [0, 0.05) is 69.7 Å². The smallest absolute Gasteiger partial charge is 0.328 e. The van der Waals surface area contributed by atoms with E-state index in [1.165, 1.54) is 5.69 Å². The molecule has 12 heteroatoms. The van der Waals surface area contributed by atoms with Crippen LogP contribution < -0.4 is 10.2 Å². The minimum absolute atomic E-state index is 0.0876. The average molecular weight is 575 g/mol. The van der Waals surface area contributed by atoms with E-state index in [2.05, 4.69) is 39.4 Å². The van der Waals surface area contributed by atoms with E-state index in [0.29, 0.717) is 23.6 Å². The lowest BCUT2D eigenvalue weighted by Gasteiger charge is -2.36. The van der Waals surface area contributed by atoms with E-state index in [1.54, 1.807) is 35.2 Å². The van der Waals surface area contributed by atoms with Crippen molar-refractivity contribution in [3.8, 4) is 0 Å². The first-order valence-corrected chi connectivity index (χ1v) is 14.6. The van der Waals surface area contributed by atoms with Crippen molar-refractivity contribution in [1.82, 2.24) is 15.1 Å². The number of hydrogen-bond donors (Lipinski definition) is 3. The van der Waals surface area contributed by atoms with Crippen molar-refractivity contribution >= 4 is 33.5 Å².